The summed E-state index contributed by atoms with van der Waals surface area (Å²) in [4.78, 5) is 15.3. The Kier molecular flexibility index (Phi) is 2.26. The number of hydrogen-bond acceptors (Lipinski definition) is 3. The van der Waals surface area contributed by atoms with Gasteiger partial charge in [-0.15, -0.1) is 0 Å². The van der Waals surface area contributed by atoms with Crippen molar-refractivity contribution in [3.05, 3.63) is 0 Å². The van der Waals surface area contributed by atoms with Crippen molar-refractivity contribution in [2.45, 2.75) is 13.0 Å². The molecular weight excluding hydrogens is 168 g/mol. The molecule has 0 aromatic heterocycles. The van der Waals surface area contributed by atoms with Crippen molar-refractivity contribution >= 4 is 5.91 Å². The summed E-state index contributed by atoms with van der Waals surface area (Å²) in [7, 11) is 0. The average Bonchev–Trinajstić information content (AvgIpc) is 1.95. The second-order valence-corrected chi connectivity index (χ2v) is 4.25. The van der Waals surface area contributed by atoms with E-state index in [0.717, 1.165) is 13.1 Å². The fourth-order valence-corrected chi connectivity index (χ4v) is 1.87. The summed E-state index contributed by atoms with van der Waals surface area (Å²) in [5.74, 6) is 0.885. The quantitative estimate of drug-likeness (QED) is 0.607. The van der Waals surface area contributed by atoms with E-state index in [9.17, 15) is 4.79 Å². The lowest BCUT2D eigenvalue weighted by Crippen LogP contribution is -2.57. The second-order valence-electron chi connectivity index (χ2n) is 4.25. The number of nitrogens with zero attached hydrogens (tertiary/aromatic N) is 2. The van der Waals surface area contributed by atoms with Gasteiger partial charge in [0.05, 0.1) is 12.6 Å². The first-order valence-electron chi connectivity index (χ1n) is 4.83. The molecule has 0 aromatic rings. The van der Waals surface area contributed by atoms with Crippen molar-refractivity contribution in [3.8, 4) is 0 Å². The van der Waals surface area contributed by atoms with E-state index in [-0.39, 0.29) is 12.0 Å². The van der Waals surface area contributed by atoms with Crippen LogP contribution in [0.2, 0.25) is 0 Å². The highest BCUT2D eigenvalue weighted by Gasteiger charge is 2.31. The number of carbonyl (C=O) groups is 1. The third-order valence-corrected chi connectivity index (χ3v) is 2.71. The Morgan fingerprint density at radius 2 is 2.00 bits per heavy atom. The highest BCUT2D eigenvalue weighted by molar-refractivity contribution is 5.79. The summed E-state index contributed by atoms with van der Waals surface area (Å²) < 4.78 is 0. The summed E-state index contributed by atoms with van der Waals surface area (Å²) in [5.41, 5.74) is 0. The zero-order chi connectivity index (χ0) is 9.42. The molecule has 4 heteroatoms. The molecule has 2 rings (SSSR count). The molecule has 74 valence electrons. The fourth-order valence-electron chi connectivity index (χ4n) is 1.87. The van der Waals surface area contributed by atoms with Gasteiger partial charge in [0.2, 0.25) is 5.91 Å². The summed E-state index contributed by atoms with van der Waals surface area (Å²) in [5, 5.41) is 9.02. The molecule has 0 unspecified atom stereocenters. The molecule has 0 aliphatic carbocycles. The monoisotopic (exact) mass is 184 g/mol. The smallest absolute Gasteiger partial charge is 0.236 e. The number of likely N-dealkylation sites (tertiary alicyclic amines) is 2. The molecule has 0 radical (unpaired) electrons. The largest absolute Gasteiger partial charge is 0.390 e. The summed E-state index contributed by atoms with van der Waals surface area (Å²) in [6.45, 7) is 5.79. The lowest BCUT2D eigenvalue weighted by molar-refractivity contribution is -0.141. The highest BCUT2D eigenvalue weighted by atomic mass is 16.3. The van der Waals surface area contributed by atoms with Crippen LogP contribution in [0.1, 0.15) is 6.92 Å². The van der Waals surface area contributed by atoms with Crippen molar-refractivity contribution in [1.82, 2.24) is 9.80 Å². The molecule has 2 heterocycles. The maximum absolute atomic E-state index is 11.5. The van der Waals surface area contributed by atoms with Crippen LogP contribution in [0.5, 0.6) is 0 Å². The van der Waals surface area contributed by atoms with Gasteiger partial charge in [-0.1, -0.05) is 6.92 Å². The lowest BCUT2D eigenvalue weighted by atomic mass is 10.0. The third kappa shape index (κ3) is 1.84. The molecule has 0 saturated carbocycles. The molecule has 0 aromatic carbocycles. The lowest BCUT2D eigenvalue weighted by Gasteiger charge is -2.41. The van der Waals surface area contributed by atoms with Gasteiger partial charge in [0.15, 0.2) is 0 Å². The molecule has 2 aliphatic heterocycles. The van der Waals surface area contributed by atoms with Crippen LogP contribution in [0.3, 0.4) is 0 Å². The van der Waals surface area contributed by atoms with Crippen molar-refractivity contribution in [2.24, 2.45) is 5.92 Å². The molecule has 2 fully saturated rings. The van der Waals surface area contributed by atoms with Crippen molar-refractivity contribution < 1.29 is 9.90 Å². The minimum Gasteiger partial charge on any atom is -0.390 e. The summed E-state index contributed by atoms with van der Waals surface area (Å²) in [6, 6.07) is 0. The Morgan fingerprint density at radius 3 is 2.46 bits per heavy atom. The highest BCUT2D eigenvalue weighted by Crippen LogP contribution is 2.15. The number of carbonyl (C=O) groups excluding carboxylic acids is 1. The third-order valence-electron chi connectivity index (χ3n) is 2.71. The standard InChI is InChI=1S/C9H16N2O2/c1-7-2-11(3-7)9(13)6-10-4-8(12)5-10/h7-8,12H,2-6H2,1H3. The van der Waals surface area contributed by atoms with Crippen LogP contribution in [0, 0.1) is 5.92 Å². The van der Waals surface area contributed by atoms with Crippen LogP contribution in [-0.4, -0.2) is 59.6 Å². The molecular formula is C9H16N2O2. The number of rotatable bonds is 2. The van der Waals surface area contributed by atoms with Crippen molar-refractivity contribution in [3.63, 3.8) is 0 Å². The Hall–Kier alpha value is -0.610. The van der Waals surface area contributed by atoms with E-state index in [0.29, 0.717) is 25.6 Å². The second kappa shape index (κ2) is 3.27. The molecule has 1 N–H and O–H groups in total. The van der Waals surface area contributed by atoms with Gasteiger partial charge in [-0.25, -0.2) is 0 Å². The summed E-state index contributed by atoms with van der Waals surface area (Å²) >= 11 is 0. The summed E-state index contributed by atoms with van der Waals surface area (Å²) in [6.07, 6.45) is -0.205. The van der Waals surface area contributed by atoms with Crippen LogP contribution >= 0.6 is 0 Å². The van der Waals surface area contributed by atoms with Gasteiger partial charge in [0.1, 0.15) is 0 Å². The zero-order valence-corrected chi connectivity index (χ0v) is 7.94. The molecule has 13 heavy (non-hydrogen) atoms. The molecule has 0 bridgehead atoms. The van der Waals surface area contributed by atoms with Crippen LogP contribution in [0.25, 0.3) is 0 Å². The average molecular weight is 184 g/mol. The normalized spacial score (nSPS) is 25.5. The molecule has 0 spiro atoms. The number of amides is 1. The van der Waals surface area contributed by atoms with Crippen LogP contribution in [-0.2, 0) is 4.79 Å². The Morgan fingerprint density at radius 1 is 1.38 bits per heavy atom. The Balaban J connectivity index is 1.68. The molecule has 2 aliphatic rings. The SMILES string of the molecule is CC1CN(C(=O)CN2CC(O)C2)C1. The zero-order valence-electron chi connectivity index (χ0n) is 7.94. The number of aliphatic hydroxyl groups is 1. The van der Waals surface area contributed by atoms with Gasteiger partial charge in [-0.3, -0.25) is 9.69 Å². The first kappa shape index (κ1) is 8.97. The first-order valence-corrected chi connectivity index (χ1v) is 4.83. The predicted molar refractivity (Wildman–Crippen MR) is 48.2 cm³/mol. The number of aliphatic hydroxyl groups excluding tert-OH is 1. The number of β-amino-alcohol motifs (C(OH)–C–C–N with tert-alkyl or cyclic N) is 1. The maximum atomic E-state index is 11.5. The maximum Gasteiger partial charge on any atom is 0.236 e. The van der Waals surface area contributed by atoms with E-state index < -0.39 is 0 Å². The topological polar surface area (TPSA) is 43.8 Å². The number of hydrogen-bond donors (Lipinski definition) is 1. The van der Waals surface area contributed by atoms with Crippen LogP contribution in [0.15, 0.2) is 0 Å². The molecule has 0 atom stereocenters. The Bertz CT molecular complexity index is 208. The van der Waals surface area contributed by atoms with Crippen LogP contribution < -0.4 is 0 Å². The van der Waals surface area contributed by atoms with E-state index >= 15 is 0 Å². The van der Waals surface area contributed by atoms with E-state index in [1.165, 1.54) is 0 Å². The van der Waals surface area contributed by atoms with Gasteiger partial charge in [-0.2, -0.15) is 0 Å². The van der Waals surface area contributed by atoms with Gasteiger partial charge < -0.3 is 10.0 Å². The molecule has 2 saturated heterocycles. The van der Waals surface area contributed by atoms with Crippen LogP contribution in [0.4, 0.5) is 0 Å². The van der Waals surface area contributed by atoms with Crippen molar-refractivity contribution in [1.29, 1.82) is 0 Å². The fraction of sp³-hybridized carbons (Fsp3) is 0.889. The van der Waals surface area contributed by atoms with E-state index in [1.54, 1.807) is 0 Å². The van der Waals surface area contributed by atoms with Gasteiger partial charge in [0.25, 0.3) is 0 Å². The minimum atomic E-state index is -0.205. The molecule has 4 nitrogen and oxygen atoms in total. The van der Waals surface area contributed by atoms with E-state index in [2.05, 4.69) is 6.92 Å². The van der Waals surface area contributed by atoms with E-state index in [4.69, 9.17) is 5.11 Å². The van der Waals surface area contributed by atoms with Gasteiger partial charge in [-0.05, 0) is 5.92 Å². The van der Waals surface area contributed by atoms with Gasteiger partial charge in [0, 0.05) is 26.2 Å². The van der Waals surface area contributed by atoms with Gasteiger partial charge >= 0.3 is 0 Å². The molecule has 1 amide bonds. The van der Waals surface area contributed by atoms with Crippen molar-refractivity contribution in [2.75, 3.05) is 32.7 Å². The first-order chi connectivity index (χ1) is 6.15. The minimum absolute atomic E-state index is 0.205. The predicted octanol–water partition coefficient (Wildman–Crippen LogP) is -0.859. The van der Waals surface area contributed by atoms with E-state index in [1.807, 2.05) is 9.80 Å². The Labute approximate surface area is 78.1 Å².